The monoisotopic (exact) mass is 442 g/mol. The van der Waals surface area contributed by atoms with E-state index in [0.29, 0.717) is 32.0 Å². The average Bonchev–Trinajstić information content (AvgIpc) is 3.34. The van der Waals surface area contributed by atoms with Crippen LogP contribution in [0.25, 0.3) is 5.69 Å². The van der Waals surface area contributed by atoms with E-state index in [1.165, 1.54) is 22.8 Å². The van der Waals surface area contributed by atoms with Crippen LogP contribution in [0.15, 0.2) is 66.1 Å². The number of hydrogen-bond donors (Lipinski definition) is 2. The number of rotatable bonds is 7. The van der Waals surface area contributed by atoms with E-state index in [0.717, 1.165) is 11.4 Å². The molecule has 3 aromatic rings. The molecule has 1 aliphatic rings. The summed E-state index contributed by atoms with van der Waals surface area (Å²) in [5.74, 6) is -0.290. The molecule has 2 N–H and O–H groups in total. The Kier molecular flexibility index (Phi) is 6.26. The number of nitrogens with zero attached hydrogens (tertiary/aromatic N) is 4. The number of anilines is 2. The number of morpholine rings is 1. The van der Waals surface area contributed by atoms with Gasteiger partial charge in [0.25, 0.3) is 0 Å². The highest BCUT2D eigenvalue weighted by atomic mass is 32.2. The first-order valence-electron chi connectivity index (χ1n) is 9.69. The molecule has 1 saturated heterocycles. The van der Waals surface area contributed by atoms with Crippen molar-refractivity contribution in [2.24, 2.45) is 0 Å². The fraction of sp³-hybridized carbons (Fsp3) is 0.250. The molecule has 1 aliphatic heterocycles. The Labute approximate surface area is 179 Å². The van der Waals surface area contributed by atoms with Crippen LogP contribution in [-0.4, -0.2) is 66.2 Å². The summed E-state index contributed by atoms with van der Waals surface area (Å²) in [6.45, 7) is 1.42. The SMILES string of the molecule is O=C(CNc1ccc(-n2cncn2)cc1)Nc1cccc(S(=O)(=O)N2CCOCC2)c1. The minimum atomic E-state index is -3.62. The van der Waals surface area contributed by atoms with Gasteiger partial charge in [-0.2, -0.15) is 9.40 Å². The Hall–Kier alpha value is -3.28. The van der Waals surface area contributed by atoms with Gasteiger partial charge in [0.2, 0.25) is 15.9 Å². The van der Waals surface area contributed by atoms with Gasteiger partial charge < -0.3 is 15.4 Å². The molecule has 10 nitrogen and oxygen atoms in total. The number of hydrogen-bond acceptors (Lipinski definition) is 7. The predicted octanol–water partition coefficient (Wildman–Crippen LogP) is 1.34. The molecule has 1 aromatic heterocycles. The number of carbonyl (C=O) groups excluding carboxylic acids is 1. The van der Waals surface area contributed by atoms with Gasteiger partial charge in [-0.15, -0.1) is 0 Å². The smallest absolute Gasteiger partial charge is 0.243 e. The Morgan fingerprint density at radius 2 is 1.84 bits per heavy atom. The fourth-order valence-electron chi connectivity index (χ4n) is 3.13. The standard InChI is InChI=1S/C20H22N6O4S/c27-20(13-22-16-4-6-18(7-5-16)26-15-21-14-23-26)24-17-2-1-3-19(12-17)31(28,29)25-8-10-30-11-9-25/h1-7,12,14-15,22H,8-11,13H2,(H,24,27). The van der Waals surface area contributed by atoms with Crippen molar-refractivity contribution in [1.29, 1.82) is 0 Å². The van der Waals surface area contributed by atoms with Crippen molar-refractivity contribution in [2.45, 2.75) is 4.90 Å². The first-order chi connectivity index (χ1) is 15.0. The van der Waals surface area contributed by atoms with Crippen molar-refractivity contribution in [3.8, 4) is 5.69 Å². The van der Waals surface area contributed by atoms with Gasteiger partial charge in [-0.05, 0) is 42.5 Å². The van der Waals surface area contributed by atoms with Crippen molar-refractivity contribution >= 4 is 27.3 Å². The van der Waals surface area contributed by atoms with Crippen LogP contribution in [0.5, 0.6) is 0 Å². The second-order valence-corrected chi connectivity index (χ2v) is 8.77. The van der Waals surface area contributed by atoms with Crippen LogP contribution in [-0.2, 0) is 19.6 Å². The number of ether oxygens (including phenoxy) is 1. The Morgan fingerprint density at radius 1 is 1.06 bits per heavy atom. The zero-order chi connectivity index (χ0) is 21.7. The summed E-state index contributed by atoms with van der Waals surface area (Å²) in [7, 11) is -3.62. The lowest BCUT2D eigenvalue weighted by molar-refractivity contribution is -0.114. The first kappa shape index (κ1) is 21.0. The highest BCUT2D eigenvalue weighted by molar-refractivity contribution is 7.89. The van der Waals surface area contributed by atoms with Gasteiger partial charge in [-0.1, -0.05) is 6.07 Å². The highest BCUT2D eigenvalue weighted by Gasteiger charge is 2.26. The van der Waals surface area contributed by atoms with Crippen LogP contribution in [0, 0.1) is 0 Å². The summed E-state index contributed by atoms with van der Waals surface area (Å²) >= 11 is 0. The van der Waals surface area contributed by atoms with E-state index >= 15 is 0 Å². The predicted molar refractivity (Wildman–Crippen MR) is 114 cm³/mol. The zero-order valence-electron chi connectivity index (χ0n) is 16.6. The summed E-state index contributed by atoms with van der Waals surface area (Å²) in [5, 5.41) is 9.83. The maximum absolute atomic E-state index is 12.8. The van der Waals surface area contributed by atoms with Crippen molar-refractivity contribution < 1.29 is 17.9 Å². The molecule has 0 atom stereocenters. The summed E-state index contributed by atoms with van der Waals surface area (Å²) in [6.07, 6.45) is 3.06. The molecule has 1 amide bonds. The Balaban J connectivity index is 1.35. The quantitative estimate of drug-likeness (QED) is 0.567. The van der Waals surface area contributed by atoms with E-state index in [9.17, 15) is 13.2 Å². The van der Waals surface area contributed by atoms with Gasteiger partial charge in [0.05, 0.1) is 30.3 Å². The summed E-state index contributed by atoms with van der Waals surface area (Å²) in [4.78, 5) is 16.4. The largest absolute Gasteiger partial charge is 0.379 e. The molecular weight excluding hydrogens is 420 g/mol. The number of carbonyl (C=O) groups is 1. The molecule has 0 aliphatic carbocycles. The van der Waals surface area contributed by atoms with Gasteiger partial charge in [0, 0.05) is 24.5 Å². The Bertz CT molecular complexity index is 1130. The molecule has 2 heterocycles. The fourth-order valence-corrected chi connectivity index (χ4v) is 4.59. The van der Waals surface area contributed by atoms with E-state index in [1.54, 1.807) is 23.1 Å². The third-order valence-electron chi connectivity index (χ3n) is 4.73. The number of sulfonamides is 1. The minimum Gasteiger partial charge on any atom is -0.379 e. The molecule has 0 radical (unpaired) electrons. The number of aromatic nitrogens is 3. The molecule has 31 heavy (non-hydrogen) atoms. The molecule has 2 aromatic carbocycles. The highest BCUT2D eigenvalue weighted by Crippen LogP contribution is 2.20. The molecule has 4 rings (SSSR count). The topological polar surface area (TPSA) is 118 Å². The molecule has 0 saturated carbocycles. The molecule has 11 heteroatoms. The van der Waals surface area contributed by atoms with E-state index < -0.39 is 10.0 Å². The molecule has 1 fully saturated rings. The van der Waals surface area contributed by atoms with E-state index in [-0.39, 0.29) is 17.3 Å². The van der Waals surface area contributed by atoms with Gasteiger partial charge >= 0.3 is 0 Å². The molecule has 0 unspecified atom stereocenters. The van der Waals surface area contributed by atoms with Crippen LogP contribution in [0.3, 0.4) is 0 Å². The van der Waals surface area contributed by atoms with Crippen LogP contribution >= 0.6 is 0 Å². The average molecular weight is 443 g/mol. The summed E-state index contributed by atoms with van der Waals surface area (Å²) in [6, 6.07) is 13.6. The van der Waals surface area contributed by atoms with E-state index in [1.807, 2.05) is 24.3 Å². The van der Waals surface area contributed by atoms with E-state index in [4.69, 9.17) is 4.74 Å². The first-order valence-corrected chi connectivity index (χ1v) is 11.1. The lowest BCUT2D eigenvalue weighted by atomic mass is 10.3. The van der Waals surface area contributed by atoms with Crippen LogP contribution in [0.2, 0.25) is 0 Å². The van der Waals surface area contributed by atoms with Crippen molar-refractivity contribution in [1.82, 2.24) is 19.1 Å². The molecule has 162 valence electrons. The van der Waals surface area contributed by atoms with Crippen molar-refractivity contribution in [3.05, 3.63) is 61.2 Å². The maximum atomic E-state index is 12.8. The van der Waals surface area contributed by atoms with Gasteiger partial charge in [-0.25, -0.2) is 18.1 Å². The number of amides is 1. The number of nitrogens with one attached hydrogen (secondary N) is 2. The van der Waals surface area contributed by atoms with E-state index in [2.05, 4.69) is 20.7 Å². The van der Waals surface area contributed by atoms with Gasteiger partial charge in [0.1, 0.15) is 12.7 Å². The summed E-state index contributed by atoms with van der Waals surface area (Å²) in [5.41, 5.74) is 2.04. The second kappa shape index (κ2) is 9.25. The van der Waals surface area contributed by atoms with Gasteiger partial charge in [-0.3, -0.25) is 4.79 Å². The lowest BCUT2D eigenvalue weighted by Crippen LogP contribution is -2.40. The second-order valence-electron chi connectivity index (χ2n) is 6.83. The van der Waals surface area contributed by atoms with Crippen LogP contribution in [0.1, 0.15) is 0 Å². The minimum absolute atomic E-state index is 0.0309. The Morgan fingerprint density at radius 3 is 2.55 bits per heavy atom. The molecular formula is C20H22N6O4S. The molecule has 0 bridgehead atoms. The van der Waals surface area contributed by atoms with Crippen molar-refractivity contribution in [3.63, 3.8) is 0 Å². The zero-order valence-corrected chi connectivity index (χ0v) is 17.5. The van der Waals surface area contributed by atoms with Crippen LogP contribution in [0.4, 0.5) is 11.4 Å². The molecule has 0 spiro atoms. The normalized spacial score (nSPS) is 14.8. The van der Waals surface area contributed by atoms with Crippen LogP contribution < -0.4 is 10.6 Å². The third-order valence-corrected chi connectivity index (χ3v) is 6.62. The third kappa shape index (κ3) is 5.08. The van der Waals surface area contributed by atoms with Gasteiger partial charge in [0.15, 0.2) is 0 Å². The maximum Gasteiger partial charge on any atom is 0.243 e. The number of benzene rings is 2. The summed E-state index contributed by atoms with van der Waals surface area (Å²) < 4.78 is 33.8. The lowest BCUT2D eigenvalue weighted by Gasteiger charge is -2.26. The van der Waals surface area contributed by atoms with Crippen molar-refractivity contribution in [2.75, 3.05) is 43.5 Å².